The van der Waals surface area contributed by atoms with Gasteiger partial charge in [0.1, 0.15) is 0 Å². The molecule has 0 saturated carbocycles. The summed E-state index contributed by atoms with van der Waals surface area (Å²) in [6, 6.07) is 10.2. The van der Waals surface area contributed by atoms with Crippen molar-refractivity contribution in [3.63, 3.8) is 0 Å². The molecule has 6 nitrogen and oxygen atoms in total. The fraction of sp³-hybridized carbons (Fsp3) is 0.600. The fourth-order valence-electron chi connectivity index (χ4n) is 3.21. The summed E-state index contributed by atoms with van der Waals surface area (Å²) >= 11 is 0. The molecule has 0 aromatic heterocycles. The molecule has 0 spiro atoms. The molecule has 0 aliphatic carbocycles. The van der Waals surface area contributed by atoms with Crippen molar-refractivity contribution < 1.29 is 14.3 Å². The number of ether oxygens (including phenoxy) is 1. The summed E-state index contributed by atoms with van der Waals surface area (Å²) in [6.45, 7) is 3.31. The molecule has 144 valence electrons. The minimum Gasteiger partial charge on any atom is -0.383 e. The Morgan fingerprint density at radius 3 is 2.54 bits per heavy atom. The molecule has 6 heteroatoms. The summed E-state index contributed by atoms with van der Waals surface area (Å²) in [7, 11) is 1.62. The van der Waals surface area contributed by atoms with E-state index in [1.807, 2.05) is 23.1 Å². The Morgan fingerprint density at radius 2 is 1.85 bits per heavy atom. The smallest absolute Gasteiger partial charge is 0.317 e. The lowest BCUT2D eigenvalue weighted by Crippen LogP contribution is -2.45. The normalized spacial score (nSPS) is 14.9. The van der Waals surface area contributed by atoms with Crippen molar-refractivity contribution in [3.05, 3.63) is 35.9 Å². The van der Waals surface area contributed by atoms with Gasteiger partial charge in [0.25, 0.3) is 0 Å². The highest BCUT2D eigenvalue weighted by Crippen LogP contribution is 2.21. The lowest BCUT2D eigenvalue weighted by atomic mass is 9.92. The van der Waals surface area contributed by atoms with Crippen molar-refractivity contribution in [2.75, 3.05) is 39.9 Å². The van der Waals surface area contributed by atoms with E-state index in [2.05, 4.69) is 22.8 Å². The van der Waals surface area contributed by atoms with Gasteiger partial charge in [0.05, 0.1) is 6.61 Å². The largest absolute Gasteiger partial charge is 0.383 e. The van der Waals surface area contributed by atoms with Gasteiger partial charge in [-0.15, -0.1) is 0 Å². The molecule has 0 bridgehead atoms. The maximum absolute atomic E-state index is 12.2. The quantitative estimate of drug-likeness (QED) is 0.663. The number of hydrogen-bond donors (Lipinski definition) is 2. The minimum absolute atomic E-state index is 0.0247. The van der Waals surface area contributed by atoms with Crippen molar-refractivity contribution in [1.82, 2.24) is 15.5 Å². The average molecular weight is 361 g/mol. The highest BCUT2D eigenvalue weighted by atomic mass is 16.5. The monoisotopic (exact) mass is 361 g/mol. The first-order valence-electron chi connectivity index (χ1n) is 9.51. The Bertz CT molecular complexity index is 542. The van der Waals surface area contributed by atoms with Crippen LogP contribution in [-0.2, 0) is 16.0 Å². The molecule has 1 fully saturated rings. The van der Waals surface area contributed by atoms with Gasteiger partial charge >= 0.3 is 6.03 Å². The van der Waals surface area contributed by atoms with Gasteiger partial charge in [-0.2, -0.15) is 0 Å². The van der Waals surface area contributed by atoms with Gasteiger partial charge in [-0.25, -0.2) is 4.79 Å². The van der Waals surface area contributed by atoms with Crippen LogP contribution in [0.1, 0.15) is 31.2 Å². The molecule has 1 aromatic rings. The molecule has 1 heterocycles. The zero-order chi connectivity index (χ0) is 18.6. The average Bonchev–Trinajstić information content (AvgIpc) is 2.68. The van der Waals surface area contributed by atoms with E-state index in [1.54, 1.807) is 7.11 Å². The van der Waals surface area contributed by atoms with E-state index < -0.39 is 0 Å². The van der Waals surface area contributed by atoms with E-state index in [1.165, 1.54) is 5.56 Å². The molecule has 1 aliphatic rings. The van der Waals surface area contributed by atoms with E-state index in [9.17, 15) is 9.59 Å². The predicted molar refractivity (Wildman–Crippen MR) is 102 cm³/mol. The Labute approximate surface area is 156 Å². The van der Waals surface area contributed by atoms with Gasteiger partial charge in [0, 0.05) is 39.7 Å². The summed E-state index contributed by atoms with van der Waals surface area (Å²) in [5.74, 6) is 0.611. The second kappa shape index (κ2) is 11.5. The Hall–Kier alpha value is -2.08. The first-order valence-corrected chi connectivity index (χ1v) is 9.51. The number of rotatable bonds is 9. The number of amides is 3. The highest BCUT2D eigenvalue weighted by molar-refractivity contribution is 5.76. The van der Waals surface area contributed by atoms with Crippen LogP contribution < -0.4 is 10.6 Å². The molecular weight excluding hydrogens is 330 g/mol. The van der Waals surface area contributed by atoms with Crippen molar-refractivity contribution in [3.8, 4) is 0 Å². The topological polar surface area (TPSA) is 70.7 Å². The zero-order valence-electron chi connectivity index (χ0n) is 15.7. The van der Waals surface area contributed by atoms with Gasteiger partial charge in [0.2, 0.25) is 5.91 Å². The lowest BCUT2D eigenvalue weighted by Gasteiger charge is -2.32. The third-order valence-corrected chi connectivity index (χ3v) is 4.84. The van der Waals surface area contributed by atoms with Crippen molar-refractivity contribution in [2.24, 2.45) is 5.92 Å². The third kappa shape index (κ3) is 7.44. The van der Waals surface area contributed by atoms with Gasteiger partial charge in [0.15, 0.2) is 0 Å². The number of nitrogens with zero attached hydrogens (tertiary/aromatic N) is 1. The van der Waals surface area contributed by atoms with E-state index in [4.69, 9.17) is 4.74 Å². The second-order valence-electron chi connectivity index (χ2n) is 6.78. The number of nitrogens with one attached hydrogen (secondary N) is 2. The number of piperidine rings is 1. The molecule has 3 amide bonds. The number of likely N-dealkylation sites (tertiary alicyclic amines) is 1. The third-order valence-electron chi connectivity index (χ3n) is 4.84. The molecule has 0 unspecified atom stereocenters. The molecule has 2 N–H and O–H groups in total. The zero-order valence-corrected chi connectivity index (χ0v) is 15.7. The minimum atomic E-state index is 0.0247. The summed E-state index contributed by atoms with van der Waals surface area (Å²) in [4.78, 5) is 25.9. The van der Waals surface area contributed by atoms with Crippen molar-refractivity contribution in [2.45, 2.75) is 32.1 Å². The maximum Gasteiger partial charge on any atom is 0.317 e. The van der Waals surface area contributed by atoms with E-state index in [0.717, 1.165) is 38.8 Å². The summed E-state index contributed by atoms with van der Waals surface area (Å²) in [5.41, 5.74) is 1.23. The Morgan fingerprint density at radius 1 is 1.12 bits per heavy atom. The van der Waals surface area contributed by atoms with E-state index in [0.29, 0.717) is 32.0 Å². The van der Waals surface area contributed by atoms with Gasteiger partial charge < -0.3 is 20.3 Å². The first kappa shape index (κ1) is 20.2. The lowest BCUT2D eigenvalue weighted by molar-refractivity contribution is -0.121. The van der Waals surface area contributed by atoms with E-state index >= 15 is 0 Å². The highest BCUT2D eigenvalue weighted by Gasteiger charge is 2.22. The number of urea groups is 1. The predicted octanol–water partition coefficient (Wildman–Crippen LogP) is 2.19. The number of benzene rings is 1. The Kier molecular flexibility index (Phi) is 8.96. The summed E-state index contributed by atoms with van der Waals surface area (Å²) < 4.78 is 4.92. The number of carbonyl (C=O) groups is 2. The molecule has 0 atom stereocenters. The first-order chi connectivity index (χ1) is 12.7. The summed E-state index contributed by atoms with van der Waals surface area (Å²) in [6.07, 6.45) is 4.23. The fourth-order valence-corrected chi connectivity index (χ4v) is 3.21. The van der Waals surface area contributed by atoms with Crippen molar-refractivity contribution >= 4 is 11.9 Å². The van der Waals surface area contributed by atoms with Crippen LogP contribution in [0.15, 0.2) is 30.3 Å². The van der Waals surface area contributed by atoms with Crippen LogP contribution in [0.4, 0.5) is 4.79 Å². The van der Waals surface area contributed by atoms with Gasteiger partial charge in [-0.1, -0.05) is 30.3 Å². The number of hydrogen-bond acceptors (Lipinski definition) is 3. The number of carbonyl (C=O) groups excluding carboxylic acids is 2. The van der Waals surface area contributed by atoms with Crippen LogP contribution in [0.2, 0.25) is 0 Å². The van der Waals surface area contributed by atoms with E-state index in [-0.39, 0.29) is 11.9 Å². The molecule has 0 radical (unpaired) electrons. The van der Waals surface area contributed by atoms with Gasteiger partial charge in [-0.05, 0) is 37.2 Å². The molecule has 26 heavy (non-hydrogen) atoms. The van der Waals surface area contributed by atoms with Crippen molar-refractivity contribution in [1.29, 1.82) is 0 Å². The molecule has 1 aromatic carbocycles. The van der Waals surface area contributed by atoms with Crippen LogP contribution in [0.3, 0.4) is 0 Å². The number of methoxy groups -OCH3 is 1. The van der Waals surface area contributed by atoms with Crippen LogP contribution >= 0.6 is 0 Å². The van der Waals surface area contributed by atoms with Crippen LogP contribution in [0, 0.1) is 5.92 Å². The SMILES string of the molecule is COCCNC(=O)CCC1CCN(C(=O)NCCc2ccccc2)CC1. The molecule has 1 saturated heterocycles. The van der Waals surface area contributed by atoms with Crippen LogP contribution in [-0.4, -0.2) is 56.7 Å². The standard InChI is InChI=1S/C20H31N3O3/c1-26-16-13-21-19(24)8-7-18-10-14-23(15-11-18)20(25)22-12-9-17-5-3-2-4-6-17/h2-6,18H,7-16H2,1H3,(H,21,24)(H,22,25). The van der Waals surface area contributed by atoms with Crippen LogP contribution in [0.5, 0.6) is 0 Å². The second-order valence-corrected chi connectivity index (χ2v) is 6.78. The molecule has 2 rings (SSSR count). The maximum atomic E-state index is 12.2. The molecule has 1 aliphatic heterocycles. The summed E-state index contributed by atoms with van der Waals surface area (Å²) in [5, 5.41) is 5.85. The Balaban J connectivity index is 1.57. The van der Waals surface area contributed by atoms with Crippen LogP contribution in [0.25, 0.3) is 0 Å². The van der Waals surface area contributed by atoms with Gasteiger partial charge in [-0.3, -0.25) is 4.79 Å². The molecular formula is C20H31N3O3.